The van der Waals surface area contributed by atoms with Crippen molar-refractivity contribution in [3.8, 4) is 6.01 Å². The van der Waals surface area contributed by atoms with E-state index in [2.05, 4.69) is 25.6 Å². The third-order valence-electron chi connectivity index (χ3n) is 2.02. The Labute approximate surface area is 107 Å². The van der Waals surface area contributed by atoms with Crippen LogP contribution < -0.4 is 15.4 Å². The van der Waals surface area contributed by atoms with Gasteiger partial charge in [0.15, 0.2) is 0 Å². The molecule has 0 amide bonds. The molecule has 0 unspecified atom stereocenters. The van der Waals surface area contributed by atoms with Gasteiger partial charge in [-0.15, -0.1) is 0 Å². The number of aromatic nitrogens is 3. The summed E-state index contributed by atoms with van der Waals surface area (Å²) < 4.78 is 10.0. The van der Waals surface area contributed by atoms with Gasteiger partial charge in [-0.3, -0.25) is 0 Å². The molecule has 1 heterocycles. The van der Waals surface area contributed by atoms with E-state index in [0.29, 0.717) is 24.5 Å². The van der Waals surface area contributed by atoms with Crippen LogP contribution in [-0.4, -0.2) is 48.4 Å². The third kappa shape index (κ3) is 5.13. The maximum Gasteiger partial charge on any atom is 0.322 e. The van der Waals surface area contributed by atoms with E-state index < -0.39 is 0 Å². The summed E-state index contributed by atoms with van der Waals surface area (Å²) in [4.78, 5) is 12.5. The van der Waals surface area contributed by atoms with Crippen molar-refractivity contribution in [1.82, 2.24) is 15.0 Å². The molecule has 1 rings (SSSR count). The van der Waals surface area contributed by atoms with Crippen LogP contribution in [0.15, 0.2) is 0 Å². The molecule has 0 spiro atoms. The Morgan fingerprint density at radius 3 is 2.44 bits per heavy atom. The maximum atomic E-state index is 5.04. The van der Waals surface area contributed by atoms with E-state index in [-0.39, 0.29) is 6.04 Å². The molecule has 0 aliphatic rings. The molecule has 0 fully saturated rings. The molecule has 18 heavy (non-hydrogen) atoms. The minimum absolute atomic E-state index is 0.249. The lowest BCUT2D eigenvalue weighted by atomic mass is 10.4. The zero-order chi connectivity index (χ0) is 13.4. The highest BCUT2D eigenvalue weighted by Gasteiger charge is 2.07. The highest BCUT2D eigenvalue weighted by atomic mass is 16.5. The summed E-state index contributed by atoms with van der Waals surface area (Å²) in [5.74, 6) is 1.01. The molecule has 0 bridgehead atoms. The molecule has 1 aromatic rings. The Hall–Kier alpha value is -1.63. The Morgan fingerprint density at radius 2 is 1.83 bits per heavy atom. The summed E-state index contributed by atoms with van der Waals surface area (Å²) in [5.41, 5.74) is 0. The fourth-order valence-corrected chi connectivity index (χ4v) is 1.27. The first-order valence-electron chi connectivity index (χ1n) is 5.95. The molecule has 0 radical (unpaired) electrons. The fourth-order valence-electron chi connectivity index (χ4n) is 1.27. The highest BCUT2D eigenvalue weighted by molar-refractivity contribution is 5.36. The summed E-state index contributed by atoms with van der Waals surface area (Å²) >= 11 is 0. The van der Waals surface area contributed by atoms with Crippen LogP contribution in [0, 0.1) is 0 Å². The number of anilines is 2. The van der Waals surface area contributed by atoms with E-state index in [1.54, 1.807) is 7.11 Å². The topological polar surface area (TPSA) is 81.2 Å². The van der Waals surface area contributed by atoms with E-state index in [0.717, 1.165) is 13.0 Å². The molecule has 0 aromatic carbocycles. The first-order chi connectivity index (χ1) is 8.65. The second-order valence-electron chi connectivity index (χ2n) is 4.04. The molecule has 0 atom stereocenters. The van der Waals surface area contributed by atoms with E-state index >= 15 is 0 Å². The maximum absolute atomic E-state index is 5.04. The van der Waals surface area contributed by atoms with Crippen molar-refractivity contribution in [2.75, 3.05) is 38.0 Å². The van der Waals surface area contributed by atoms with Crippen LogP contribution in [0.5, 0.6) is 6.01 Å². The Balaban J connectivity index is 2.64. The minimum atomic E-state index is 0.249. The van der Waals surface area contributed by atoms with Gasteiger partial charge >= 0.3 is 6.01 Å². The van der Waals surface area contributed by atoms with Crippen molar-refractivity contribution in [2.45, 2.75) is 26.3 Å². The predicted octanol–water partition coefficient (Wildman–Crippen LogP) is 1.15. The molecule has 0 aliphatic heterocycles. The van der Waals surface area contributed by atoms with Gasteiger partial charge < -0.3 is 20.1 Å². The van der Waals surface area contributed by atoms with Crippen LogP contribution in [0.3, 0.4) is 0 Å². The molecule has 1 aromatic heterocycles. The van der Waals surface area contributed by atoms with Crippen molar-refractivity contribution in [3.63, 3.8) is 0 Å². The molecular weight excluding hydrogens is 234 g/mol. The third-order valence-corrected chi connectivity index (χ3v) is 2.02. The lowest BCUT2D eigenvalue weighted by Crippen LogP contribution is -2.15. The zero-order valence-corrected chi connectivity index (χ0v) is 11.4. The smallest absolute Gasteiger partial charge is 0.322 e. The molecule has 102 valence electrons. The Morgan fingerprint density at radius 1 is 1.11 bits per heavy atom. The van der Waals surface area contributed by atoms with Gasteiger partial charge in [-0.25, -0.2) is 0 Å². The molecule has 7 nitrogen and oxygen atoms in total. The second kappa shape index (κ2) is 7.65. The van der Waals surface area contributed by atoms with Crippen LogP contribution in [0.2, 0.25) is 0 Å². The van der Waals surface area contributed by atoms with E-state index in [4.69, 9.17) is 9.47 Å². The first-order valence-corrected chi connectivity index (χ1v) is 5.95. The number of ether oxygens (including phenoxy) is 2. The zero-order valence-electron chi connectivity index (χ0n) is 11.4. The van der Waals surface area contributed by atoms with Gasteiger partial charge in [-0.05, 0) is 20.3 Å². The van der Waals surface area contributed by atoms with Gasteiger partial charge in [0.05, 0.1) is 7.11 Å². The summed E-state index contributed by atoms with van der Waals surface area (Å²) in [6, 6.07) is 0.542. The highest BCUT2D eigenvalue weighted by Crippen LogP contribution is 2.11. The molecular formula is C11H21N5O2. The average molecular weight is 255 g/mol. The molecule has 2 N–H and O–H groups in total. The first kappa shape index (κ1) is 14.4. The summed E-state index contributed by atoms with van der Waals surface area (Å²) in [7, 11) is 3.21. The Kier molecular flexibility index (Phi) is 6.13. The Bertz CT molecular complexity index is 359. The quantitative estimate of drug-likeness (QED) is 0.674. The van der Waals surface area contributed by atoms with E-state index in [1.807, 2.05) is 13.8 Å². The predicted molar refractivity (Wildman–Crippen MR) is 70.1 cm³/mol. The number of nitrogens with zero attached hydrogens (tertiary/aromatic N) is 3. The van der Waals surface area contributed by atoms with Crippen molar-refractivity contribution >= 4 is 11.9 Å². The minimum Gasteiger partial charge on any atom is -0.467 e. The lowest BCUT2D eigenvalue weighted by Gasteiger charge is -2.11. The molecule has 7 heteroatoms. The monoisotopic (exact) mass is 255 g/mol. The molecule has 0 saturated carbocycles. The normalized spacial score (nSPS) is 10.5. The van der Waals surface area contributed by atoms with Crippen molar-refractivity contribution in [3.05, 3.63) is 0 Å². The van der Waals surface area contributed by atoms with Crippen molar-refractivity contribution in [2.24, 2.45) is 0 Å². The lowest BCUT2D eigenvalue weighted by molar-refractivity contribution is 0.197. The fraction of sp³-hybridized carbons (Fsp3) is 0.727. The van der Waals surface area contributed by atoms with Gasteiger partial charge in [0.25, 0.3) is 0 Å². The van der Waals surface area contributed by atoms with Gasteiger partial charge in [-0.2, -0.15) is 15.0 Å². The summed E-state index contributed by atoms with van der Waals surface area (Å²) in [6.45, 7) is 5.47. The average Bonchev–Trinajstić information content (AvgIpc) is 2.33. The van der Waals surface area contributed by atoms with Gasteiger partial charge in [0, 0.05) is 26.3 Å². The van der Waals surface area contributed by atoms with Crippen LogP contribution in [0.25, 0.3) is 0 Å². The van der Waals surface area contributed by atoms with Gasteiger partial charge in [-0.1, -0.05) is 0 Å². The van der Waals surface area contributed by atoms with E-state index in [9.17, 15) is 0 Å². The van der Waals surface area contributed by atoms with Crippen LogP contribution in [0.1, 0.15) is 20.3 Å². The second-order valence-corrected chi connectivity index (χ2v) is 4.04. The van der Waals surface area contributed by atoms with Crippen molar-refractivity contribution < 1.29 is 9.47 Å². The van der Waals surface area contributed by atoms with Crippen LogP contribution >= 0.6 is 0 Å². The van der Waals surface area contributed by atoms with Gasteiger partial charge in [0.2, 0.25) is 11.9 Å². The van der Waals surface area contributed by atoms with E-state index in [1.165, 1.54) is 7.11 Å². The summed E-state index contributed by atoms with van der Waals surface area (Å²) in [5, 5.41) is 6.22. The SMILES string of the molecule is COCCCNc1nc(NC(C)C)nc(OC)n1. The largest absolute Gasteiger partial charge is 0.467 e. The number of hydrogen-bond donors (Lipinski definition) is 2. The van der Waals surface area contributed by atoms with Crippen LogP contribution in [0.4, 0.5) is 11.9 Å². The van der Waals surface area contributed by atoms with Crippen molar-refractivity contribution in [1.29, 1.82) is 0 Å². The number of methoxy groups -OCH3 is 2. The standard InChI is InChI=1S/C11H21N5O2/c1-8(2)13-10-14-9(12-6-5-7-17-3)15-11(16-10)18-4/h8H,5-7H2,1-4H3,(H2,12,13,14,15,16). The van der Waals surface area contributed by atoms with Gasteiger partial charge in [0.1, 0.15) is 0 Å². The van der Waals surface area contributed by atoms with Crippen LogP contribution in [-0.2, 0) is 4.74 Å². The number of hydrogen-bond acceptors (Lipinski definition) is 7. The molecule has 0 aliphatic carbocycles. The number of nitrogens with one attached hydrogen (secondary N) is 2. The number of rotatable bonds is 8. The summed E-state index contributed by atoms with van der Waals surface area (Å²) in [6.07, 6.45) is 0.886. The molecule has 0 saturated heterocycles.